The van der Waals surface area contributed by atoms with Gasteiger partial charge in [-0.1, -0.05) is 19.8 Å². The summed E-state index contributed by atoms with van der Waals surface area (Å²) in [4.78, 5) is 2.22. The molecule has 1 aromatic heterocycles. The zero-order chi connectivity index (χ0) is 17.0. The van der Waals surface area contributed by atoms with Gasteiger partial charge in [-0.05, 0) is 24.8 Å². The Morgan fingerprint density at radius 1 is 1.29 bits per heavy atom. The molecule has 2 aliphatic rings. The lowest BCUT2D eigenvalue weighted by Gasteiger charge is -2.33. The van der Waals surface area contributed by atoms with Crippen LogP contribution >= 0.6 is 0 Å². The molecule has 1 aromatic rings. The topological polar surface area (TPSA) is 64.4 Å². The van der Waals surface area contributed by atoms with Gasteiger partial charge in [-0.3, -0.25) is 9.58 Å². The minimum absolute atomic E-state index is 0.175. The second-order valence-electron chi connectivity index (χ2n) is 7.08. The van der Waals surface area contributed by atoms with Crippen molar-refractivity contribution in [3.8, 4) is 0 Å². The van der Waals surface area contributed by atoms with Crippen LogP contribution in [-0.2, 0) is 21.1 Å². The summed E-state index contributed by atoms with van der Waals surface area (Å²) < 4.78 is 31.6. The SMILES string of the molecule is CCS(=O)(=O)CCN1Cc2ccnn2C(COCC2CCCC2)C1. The van der Waals surface area contributed by atoms with Crippen molar-refractivity contribution < 1.29 is 13.2 Å². The van der Waals surface area contributed by atoms with Crippen molar-refractivity contribution in [2.75, 3.05) is 37.8 Å². The number of sulfone groups is 1. The predicted octanol–water partition coefficient (Wildman–Crippen LogP) is 1.88. The summed E-state index contributed by atoms with van der Waals surface area (Å²) in [6.07, 6.45) is 7.07. The molecule has 0 spiro atoms. The number of nitrogens with zero attached hydrogens (tertiary/aromatic N) is 3. The van der Waals surface area contributed by atoms with Gasteiger partial charge in [-0.15, -0.1) is 0 Å². The van der Waals surface area contributed by atoms with Gasteiger partial charge in [-0.2, -0.15) is 5.10 Å². The maximum atomic E-state index is 11.8. The molecule has 0 N–H and O–H groups in total. The molecule has 2 heterocycles. The fourth-order valence-corrected chi connectivity index (χ4v) is 4.54. The standard InChI is InChI=1S/C17H29N3O3S/c1-2-24(21,22)10-9-19-11-16-7-8-18-20(16)17(12-19)14-23-13-15-5-3-4-6-15/h7-8,15,17H,2-6,9-14H2,1H3. The number of rotatable bonds is 8. The first-order valence-electron chi connectivity index (χ1n) is 9.10. The van der Waals surface area contributed by atoms with Crippen molar-refractivity contribution in [2.45, 2.75) is 45.2 Å². The van der Waals surface area contributed by atoms with Gasteiger partial charge >= 0.3 is 0 Å². The molecule has 136 valence electrons. The van der Waals surface area contributed by atoms with E-state index in [9.17, 15) is 8.42 Å². The highest BCUT2D eigenvalue weighted by Crippen LogP contribution is 2.26. The average molecular weight is 356 g/mol. The first-order valence-corrected chi connectivity index (χ1v) is 10.9. The third-order valence-corrected chi connectivity index (χ3v) is 6.93. The highest BCUT2D eigenvalue weighted by molar-refractivity contribution is 7.91. The maximum Gasteiger partial charge on any atom is 0.151 e. The highest BCUT2D eigenvalue weighted by Gasteiger charge is 2.27. The van der Waals surface area contributed by atoms with E-state index >= 15 is 0 Å². The van der Waals surface area contributed by atoms with Gasteiger partial charge in [0, 0.05) is 38.2 Å². The van der Waals surface area contributed by atoms with Crippen LogP contribution < -0.4 is 0 Å². The third-order valence-electron chi connectivity index (χ3n) is 5.25. The molecule has 3 rings (SSSR count). The number of hydrogen-bond acceptors (Lipinski definition) is 5. The van der Waals surface area contributed by atoms with Crippen molar-refractivity contribution in [1.29, 1.82) is 0 Å². The molecular weight excluding hydrogens is 326 g/mol. The summed E-state index contributed by atoms with van der Waals surface area (Å²) in [7, 11) is -2.92. The zero-order valence-corrected chi connectivity index (χ0v) is 15.4. The fraction of sp³-hybridized carbons (Fsp3) is 0.824. The smallest absolute Gasteiger partial charge is 0.151 e. The fourth-order valence-electron chi connectivity index (χ4n) is 3.72. The third kappa shape index (κ3) is 4.58. The molecule has 0 amide bonds. The maximum absolute atomic E-state index is 11.8. The molecule has 0 saturated heterocycles. The van der Waals surface area contributed by atoms with E-state index in [1.807, 2.05) is 12.3 Å². The van der Waals surface area contributed by atoms with Crippen LogP contribution in [0.1, 0.15) is 44.3 Å². The molecule has 1 saturated carbocycles. The average Bonchev–Trinajstić information content (AvgIpc) is 3.24. The van der Waals surface area contributed by atoms with Crippen LogP contribution in [0.25, 0.3) is 0 Å². The first kappa shape index (κ1) is 17.9. The van der Waals surface area contributed by atoms with E-state index in [4.69, 9.17) is 4.74 Å². The van der Waals surface area contributed by atoms with E-state index in [0.717, 1.165) is 31.3 Å². The second-order valence-corrected chi connectivity index (χ2v) is 9.55. The molecular formula is C17H29N3O3S. The quantitative estimate of drug-likeness (QED) is 0.712. The summed E-state index contributed by atoms with van der Waals surface area (Å²) in [5.41, 5.74) is 1.14. The lowest BCUT2D eigenvalue weighted by molar-refractivity contribution is 0.0480. The van der Waals surface area contributed by atoms with Gasteiger partial charge < -0.3 is 4.74 Å². The number of hydrogen-bond donors (Lipinski definition) is 0. The van der Waals surface area contributed by atoms with Gasteiger partial charge in [0.05, 0.1) is 24.1 Å². The molecule has 1 aliphatic heterocycles. The summed E-state index contributed by atoms with van der Waals surface area (Å²) >= 11 is 0. The van der Waals surface area contributed by atoms with E-state index in [0.29, 0.717) is 13.2 Å². The van der Waals surface area contributed by atoms with Gasteiger partial charge in [0.15, 0.2) is 9.84 Å². The van der Waals surface area contributed by atoms with E-state index in [-0.39, 0.29) is 17.5 Å². The van der Waals surface area contributed by atoms with Crippen LogP contribution in [0.15, 0.2) is 12.3 Å². The van der Waals surface area contributed by atoms with Crippen molar-refractivity contribution in [3.05, 3.63) is 18.0 Å². The molecule has 0 aromatic carbocycles. The summed E-state index contributed by atoms with van der Waals surface area (Å²) in [5.74, 6) is 1.16. The summed E-state index contributed by atoms with van der Waals surface area (Å²) in [6, 6.07) is 2.19. The molecule has 6 nitrogen and oxygen atoms in total. The molecule has 1 aliphatic carbocycles. The Hall–Kier alpha value is -0.920. The lowest BCUT2D eigenvalue weighted by Crippen LogP contribution is -2.41. The summed E-state index contributed by atoms with van der Waals surface area (Å²) in [6.45, 7) is 5.36. The van der Waals surface area contributed by atoms with Crippen molar-refractivity contribution in [1.82, 2.24) is 14.7 Å². The van der Waals surface area contributed by atoms with Crippen molar-refractivity contribution in [2.24, 2.45) is 5.92 Å². The van der Waals surface area contributed by atoms with E-state index < -0.39 is 9.84 Å². The van der Waals surface area contributed by atoms with Crippen LogP contribution in [-0.4, -0.2) is 60.9 Å². The summed E-state index contributed by atoms with van der Waals surface area (Å²) in [5, 5.41) is 4.44. The van der Waals surface area contributed by atoms with Crippen LogP contribution in [0.5, 0.6) is 0 Å². The Morgan fingerprint density at radius 2 is 2.08 bits per heavy atom. The van der Waals surface area contributed by atoms with Gasteiger partial charge in [0.2, 0.25) is 0 Å². The Morgan fingerprint density at radius 3 is 2.83 bits per heavy atom. The van der Waals surface area contributed by atoms with E-state index in [1.165, 1.54) is 25.7 Å². The molecule has 7 heteroatoms. The molecule has 24 heavy (non-hydrogen) atoms. The molecule has 1 atom stereocenters. The van der Waals surface area contributed by atoms with Crippen LogP contribution in [0, 0.1) is 5.92 Å². The van der Waals surface area contributed by atoms with E-state index in [2.05, 4.69) is 14.7 Å². The second kappa shape index (κ2) is 7.97. The normalized spacial score (nSPS) is 22.8. The minimum Gasteiger partial charge on any atom is -0.379 e. The highest BCUT2D eigenvalue weighted by atomic mass is 32.2. The monoisotopic (exact) mass is 355 g/mol. The van der Waals surface area contributed by atoms with Gasteiger partial charge in [-0.25, -0.2) is 8.42 Å². The van der Waals surface area contributed by atoms with Crippen molar-refractivity contribution in [3.63, 3.8) is 0 Å². The number of aromatic nitrogens is 2. The number of fused-ring (bicyclic) bond motifs is 1. The van der Waals surface area contributed by atoms with Crippen molar-refractivity contribution >= 4 is 9.84 Å². The predicted molar refractivity (Wildman–Crippen MR) is 93.6 cm³/mol. The van der Waals surface area contributed by atoms with E-state index in [1.54, 1.807) is 6.92 Å². The zero-order valence-electron chi connectivity index (χ0n) is 14.6. The minimum atomic E-state index is -2.92. The lowest BCUT2D eigenvalue weighted by atomic mass is 10.1. The van der Waals surface area contributed by atoms with Gasteiger partial charge in [0.25, 0.3) is 0 Å². The molecule has 0 radical (unpaired) electrons. The Balaban J connectivity index is 1.54. The Bertz CT molecular complexity index is 623. The Kier molecular flexibility index (Phi) is 5.94. The molecule has 0 bridgehead atoms. The Labute approximate surface area is 145 Å². The first-order chi connectivity index (χ1) is 11.6. The van der Waals surface area contributed by atoms with Crippen LogP contribution in [0.4, 0.5) is 0 Å². The largest absolute Gasteiger partial charge is 0.379 e. The number of ether oxygens (including phenoxy) is 1. The van der Waals surface area contributed by atoms with Crippen LogP contribution in [0.2, 0.25) is 0 Å². The van der Waals surface area contributed by atoms with Crippen LogP contribution in [0.3, 0.4) is 0 Å². The molecule has 1 unspecified atom stereocenters. The van der Waals surface area contributed by atoms with Gasteiger partial charge in [0.1, 0.15) is 0 Å². The molecule has 1 fully saturated rings.